The number of halogens is 1. The molecule has 1 fully saturated rings. The van der Waals surface area contributed by atoms with E-state index in [1.165, 1.54) is 0 Å². The number of rotatable bonds is 4. The molecule has 1 saturated heterocycles. The number of nitrogen functional groups attached to an aromatic ring is 1. The molecule has 1 atom stereocenters. The molecule has 6 heteroatoms. The third-order valence-electron chi connectivity index (χ3n) is 4.39. The molecule has 24 heavy (non-hydrogen) atoms. The zero-order valence-corrected chi connectivity index (χ0v) is 15.5. The lowest BCUT2D eigenvalue weighted by atomic mass is 9.96. The highest BCUT2D eigenvalue weighted by Crippen LogP contribution is 2.21. The number of hydrogen-bond acceptors (Lipinski definition) is 3. The van der Waals surface area contributed by atoms with Gasteiger partial charge in [0, 0.05) is 36.8 Å². The summed E-state index contributed by atoms with van der Waals surface area (Å²) in [7, 11) is 0. The van der Waals surface area contributed by atoms with Crippen LogP contribution in [-0.2, 0) is 4.79 Å². The number of nitrogens with zero attached hydrogens (tertiary/aromatic N) is 1. The van der Waals surface area contributed by atoms with Gasteiger partial charge in [0.2, 0.25) is 5.91 Å². The Balaban J connectivity index is 0.00000288. The first-order valence-corrected chi connectivity index (χ1v) is 8.31. The van der Waals surface area contributed by atoms with Gasteiger partial charge in [-0.15, -0.1) is 12.4 Å². The third-order valence-corrected chi connectivity index (χ3v) is 4.39. The fraction of sp³-hybridized carbons (Fsp3) is 0.556. The number of carbonyl (C=O) groups is 2. The van der Waals surface area contributed by atoms with Crippen LogP contribution in [0.2, 0.25) is 0 Å². The molecule has 0 aliphatic carbocycles. The lowest BCUT2D eigenvalue weighted by Gasteiger charge is -2.33. The van der Waals surface area contributed by atoms with Gasteiger partial charge < -0.3 is 16.0 Å². The molecule has 0 spiro atoms. The number of benzene rings is 1. The quantitative estimate of drug-likeness (QED) is 0.817. The predicted octanol–water partition coefficient (Wildman–Crippen LogP) is 2.62. The van der Waals surface area contributed by atoms with E-state index in [4.69, 9.17) is 5.73 Å². The van der Waals surface area contributed by atoms with E-state index in [1.54, 1.807) is 6.07 Å². The second kappa shape index (κ2) is 8.92. The Hall–Kier alpha value is -1.75. The largest absolute Gasteiger partial charge is 0.399 e. The molecule has 1 aromatic rings. The maximum Gasteiger partial charge on any atom is 0.254 e. The normalized spacial score (nSPS) is 17.3. The molecule has 0 saturated carbocycles. The van der Waals surface area contributed by atoms with Crippen molar-refractivity contribution in [2.75, 3.05) is 25.4 Å². The second-order valence-electron chi connectivity index (χ2n) is 6.73. The minimum absolute atomic E-state index is 0. The van der Waals surface area contributed by atoms with E-state index in [0.29, 0.717) is 30.3 Å². The van der Waals surface area contributed by atoms with Crippen LogP contribution in [0.4, 0.5) is 5.69 Å². The van der Waals surface area contributed by atoms with E-state index in [-0.39, 0.29) is 30.1 Å². The van der Waals surface area contributed by atoms with Gasteiger partial charge in [-0.2, -0.15) is 0 Å². The molecule has 0 radical (unpaired) electrons. The first-order valence-electron chi connectivity index (χ1n) is 8.31. The first-order chi connectivity index (χ1) is 10.9. The zero-order valence-electron chi connectivity index (χ0n) is 14.7. The molecule has 1 heterocycles. The molecular formula is C18H28ClN3O2. The molecule has 1 aliphatic heterocycles. The Kier molecular flexibility index (Phi) is 7.55. The van der Waals surface area contributed by atoms with Crippen LogP contribution >= 0.6 is 12.4 Å². The molecule has 5 nitrogen and oxygen atoms in total. The summed E-state index contributed by atoms with van der Waals surface area (Å²) in [6, 6.07) is 5.45. The van der Waals surface area contributed by atoms with Crippen LogP contribution in [0.1, 0.15) is 42.6 Å². The molecule has 1 aromatic carbocycles. The van der Waals surface area contributed by atoms with Gasteiger partial charge in [-0.25, -0.2) is 0 Å². The molecule has 134 valence electrons. The Morgan fingerprint density at radius 3 is 2.75 bits per heavy atom. The van der Waals surface area contributed by atoms with Crippen molar-refractivity contribution in [3.63, 3.8) is 0 Å². The zero-order chi connectivity index (χ0) is 17.0. The standard InChI is InChI=1S/C18H27N3O2.ClH/c1-12(2)17(22)20-10-14-5-4-8-21(11-14)18(23)16-9-15(19)7-6-13(16)3;/h6-7,9,12,14H,4-5,8,10-11,19H2,1-3H3,(H,20,22);1H. The van der Waals surface area contributed by atoms with Crippen molar-refractivity contribution in [2.24, 2.45) is 11.8 Å². The van der Waals surface area contributed by atoms with Gasteiger partial charge in [0.15, 0.2) is 0 Å². The molecule has 0 aromatic heterocycles. The Morgan fingerprint density at radius 1 is 1.38 bits per heavy atom. The Labute approximate surface area is 150 Å². The smallest absolute Gasteiger partial charge is 0.254 e. The molecule has 0 bridgehead atoms. The summed E-state index contributed by atoms with van der Waals surface area (Å²) < 4.78 is 0. The van der Waals surface area contributed by atoms with Gasteiger partial charge in [0.05, 0.1) is 0 Å². The highest BCUT2D eigenvalue weighted by molar-refractivity contribution is 5.96. The van der Waals surface area contributed by atoms with Gasteiger partial charge in [0.1, 0.15) is 0 Å². The average Bonchev–Trinajstić information content (AvgIpc) is 2.54. The van der Waals surface area contributed by atoms with E-state index >= 15 is 0 Å². The lowest BCUT2D eigenvalue weighted by Crippen LogP contribution is -2.44. The van der Waals surface area contributed by atoms with Gasteiger partial charge in [-0.05, 0) is 43.4 Å². The monoisotopic (exact) mass is 353 g/mol. The van der Waals surface area contributed by atoms with Gasteiger partial charge in [-0.3, -0.25) is 9.59 Å². The third kappa shape index (κ3) is 5.13. The number of nitrogens with one attached hydrogen (secondary N) is 1. The minimum Gasteiger partial charge on any atom is -0.399 e. The summed E-state index contributed by atoms with van der Waals surface area (Å²) in [6.45, 7) is 7.78. The van der Waals surface area contributed by atoms with Crippen LogP contribution in [-0.4, -0.2) is 36.3 Å². The topological polar surface area (TPSA) is 75.4 Å². The number of aryl methyl sites for hydroxylation is 1. The van der Waals surface area contributed by atoms with Crippen molar-refractivity contribution in [3.05, 3.63) is 29.3 Å². The van der Waals surface area contributed by atoms with Gasteiger partial charge in [-0.1, -0.05) is 19.9 Å². The number of piperidine rings is 1. The molecule has 2 rings (SSSR count). The Morgan fingerprint density at radius 2 is 2.08 bits per heavy atom. The summed E-state index contributed by atoms with van der Waals surface area (Å²) in [5.74, 6) is 0.415. The summed E-state index contributed by atoms with van der Waals surface area (Å²) in [5.41, 5.74) is 8.04. The van der Waals surface area contributed by atoms with Crippen LogP contribution in [0, 0.1) is 18.8 Å². The minimum atomic E-state index is -0.00808. The SMILES string of the molecule is Cc1ccc(N)cc1C(=O)N1CCCC(CNC(=O)C(C)C)C1.Cl. The predicted molar refractivity (Wildman–Crippen MR) is 99.3 cm³/mol. The second-order valence-corrected chi connectivity index (χ2v) is 6.73. The van der Waals surface area contributed by atoms with Crippen molar-refractivity contribution < 1.29 is 9.59 Å². The van der Waals surface area contributed by atoms with Crippen molar-refractivity contribution in [1.82, 2.24) is 10.2 Å². The maximum absolute atomic E-state index is 12.7. The number of amides is 2. The fourth-order valence-electron chi connectivity index (χ4n) is 2.91. The number of nitrogens with two attached hydrogens (primary N) is 1. The van der Waals surface area contributed by atoms with Crippen molar-refractivity contribution in [2.45, 2.75) is 33.6 Å². The van der Waals surface area contributed by atoms with Crippen molar-refractivity contribution in [3.8, 4) is 0 Å². The molecule has 2 amide bonds. The summed E-state index contributed by atoms with van der Waals surface area (Å²) in [4.78, 5) is 26.3. The van der Waals surface area contributed by atoms with Crippen LogP contribution in [0.15, 0.2) is 18.2 Å². The van der Waals surface area contributed by atoms with Crippen molar-refractivity contribution in [1.29, 1.82) is 0 Å². The summed E-state index contributed by atoms with van der Waals surface area (Å²) in [6.07, 6.45) is 2.01. The van der Waals surface area contributed by atoms with Crippen LogP contribution in [0.5, 0.6) is 0 Å². The molecule has 3 N–H and O–H groups in total. The number of carbonyl (C=O) groups excluding carboxylic acids is 2. The van der Waals surface area contributed by atoms with Crippen LogP contribution < -0.4 is 11.1 Å². The number of hydrogen-bond donors (Lipinski definition) is 2. The highest BCUT2D eigenvalue weighted by atomic mass is 35.5. The van der Waals surface area contributed by atoms with Crippen molar-refractivity contribution >= 4 is 29.9 Å². The number of anilines is 1. The maximum atomic E-state index is 12.7. The van der Waals surface area contributed by atoms with Gasteiger partial charge >= 0.3 is 0 Å². The van der Waals surface area contributed by atoms with E-state index in [1.807, 2.05) is 37.8 Å². The summed E-state index contributed by atoms with van der Waals surface area (Å²) >= 11 is 0. The number of likely N-dealkylation sites (tertiary alicyclic amines) is 1. The average molecular weight is 354 g/mol. The van der Waals surface area contributed by atoms with E-state index in [2.05, 4.69) is 5.32 Å². The van der Waals surface area contributed by atoms with Gasteiger partial charge in [0.25, 0.3) is 5.91 Å². The van der Waals surface area contributed by atoms with E-state index < -0.39 is 0 Å². The molecular weight excluding hydrogens is 326 g/mol. The van der Waals surface area contributed by atoms with E-state index in [0.717, 1.165) is 24.9 Å². The molecule has 1 aliphatic rings. The van der Waals surface area contributed by atoms with Crippen LogP contribution in [0.25, 0.3) is 0 Å². The summed E-state index contributed by atoms with van der Waals surface area (Å²) in [5, 5.41) is 2.97. The first kappa shape index (κ1) is 20.3. The lowest BCUT2D eigenvalue weighted by molar-refractivity contribution is -0.124. The highest BCUT2D eigenvalue weighted by Gasteiger charge is 2.25. The molecule has 1 unspecified atom stereocenters. The Bertz CT molecular complexity index is 590. The fourth-order valence-corrected chi connectivity index (χ4v) is 2.91. The van der Waals surface area contributed by atoms with Crippen LogP contribution in [0.3, 0.4) is 0 Å². The van der Waals surface area contributed by atoms with E-state index in [9.17, 15) is 9.59 Å².